The van der Waals surface area contributed by atoms with Gasteiger partial charge in [-0.15, -0.1) is 0 Å². The molecule has 0 aliphatic heterocycles. The number of benzene rings is 1. The minimum atomic E-state index is -1.12. The Morgan fingerprint density at radius 1 is 1.47 bits per heavy atom. The molecule has 0 aliphatic carbocycles. The highest BCUT2D eigenvalue weighted by atomic mass is 16.4. The monoisotopic (exact) mass is 262 g/mol. The molecule has 0 fully saturated rings. The molecule has 1 unspecified atom stereocenters. The lowest BCUT2D eigenvalue weighted by molar-refractivity contribution is -0.146. The van der Waals surface area contributed by atoms with Gasteiger partial charge in [0, 0.05) is 6.54 Å². The van der Waals surface area contributed by atoms with Crippen LogP contribution in [0.5, 0.6) is 0 Å². The van der Waals surface area contributed by atoms with E-state index < -0.39 is 17.8 Å². The molecular weight excluding hydrogens is 248 g/mol. The number of rotatable bonds is 5. The zero-order valence-corrected chi connectivity index (χ0v) is 10.4. The summed E-state index contributed by atoms with van der Waals surface area (Å²) in [6, 6.07) is 5.60. The molecule has 19 heavy (non-hydrogen) atoms. The third-order valence-corrected chi connectivity index (χ3v) is 2.87. The van der Waals surface area contributed by atoms with Crippen LogP contribution in [-0.4, -0.2) is 28.5 Å². The Hall–Kier alpha value is -2.37. The normalized spacial score (nSPS) is 12.3. The number of nitrogens with zero attached hydrogens (tertiary/aromatic N) is 1. The fourth-order valence-corrected chi connectivity index (χ4v) is 1.65. The van der Waals surface area contributed by atoms with Gasteiger partial charge in [-0.2, -0.15) is 0 Å². The van der Waals surface area contributed by atoms with Crippen molar-refractivity contribution in [1.29, 1.82) is 0 Å². The Labute approximate surface area is 109 Å². The highest BCUT2D eigenvalue weighted by Gasteiger charge is 2.19. The van der Waals surface area contributed by atoms with Crippen LogP contribution in [0, 0.1) is 5.92 Å². The van der Waals surface area contributed by atoms with Crippen molar-refractivity contribution in [3.05, 3.63) is 30.2 Å². The Morgan fingerprint density at radius 3 is 3.00 bits per heavy atom. The van der Waals surface area contributed by atoms with Crippen LogP contribution >= 0.6 is 0 Å². The molecule has 0 saturated carbocycles. The maximum atomic E-state index is 11.4. The number of fused-ring (bicyclic) bond motifs is 1. The molecular formula is C13H14N2O4. The van der Waals surface area contributed by atoms with Crippen molar-refractivity contribution in [3.8, 4) is 0 Å². The number of aliphatic carboxylic acids is 1. The maximum absolute atomic E-state index is 11.4. The highest BCUT2D eigenvalue weighted by Crippen LogP contribution is 2.14. The molecule has 0 spiro atoms. The van der Waals surface area contributed by atoms with Gasteiger partial charge in [-0.3, -0.25) is 9.59 Å². The Morgan fingerprint density at radius 2 is 2.26 bits per heavy atom. The number of hydrogen-bond acceptors (Lipinski definition) is 4. The van der Waals surface area contributed by atoms with Gasteiger partial charge in [-0.1, -0.05) is 6.07 Å². The predicted octanol–water partition coefficient (Wildman–Crippen LogP) is 1.21. The number of amides is 1. The second-order valence-electron chi connectivity index (χ2n) is 4.26. The summed E-state index contributed by atoms with van der Waals surface area (Å²) in [7, 11) is 0. The van der Waals surface area contributed by atoms with Gasteiger partial charge in [0.15, 0.2) is 12.0 Å². The zero-order valence-electron chi connectivity index (χ0n) is 10.4. The first kappa shape index (κ1) is 13.1. The standard InChI is InChI=1S/C13H14N2O4/c1-8(13(17)18)12(16)14-5-4-9-2-3-10-11(6-9)19-7-15-10/h2-3,6-8H,4-5H2,1H3,(H,14,16)(H,17,18). The second-order valence-corrected chi connectivity index (χ2v) is 4.26. The van der Waals surface area contributed by atoms with Gasteiger partial charge in [0.25, 0.3) is 0 Å². The summed E-state index contributed by atoms with van der Waals surface area (Å²) in [5.74, 6) is -2.63. The average molecular weight is 262 g/mol. The highest BCUT2D eigenvalue weighted by molar-refractivity contribution is 5.96. The van der Waals surface area contributed by atoms with Crippen molar-refractivity contribution in [3.63, 3.8) is 0 Å². The number of aromatic nitrogens is 1. The Bertz CT molecular complexity index is 605. The fourth-order valence-electron chi connectivity index (χ4n) is 1.65. The Balaban J connectivity index is 1.88. The first-order chi connectivity index (χ1) is 9.08. The van der Waals surface area contributed by atoms with E-state index in [1.165, 1.54) is 13.3 Å². The predicted molar refractivity (Wildman–Crippen MR) is 67.5 cm³/mol. The van der Waals surface area contributed by atoms with Crippen LogP contribution in [0.15, 0.2) is 29.0 Å². The fraction of sp³-hybridized carbons (Fsp3) is 0.308. The van der Waals surface area contributed by atoms with Crippen molar-refractivity contribution in [2.75, 3.05) is 6.54 Å². The summed E-state index contributed by atoms with van der Waals surface area (Å²) in [6.07, 6.45) is 1.99. The van der Waals surface area contributed by atoms with E-state index in [1.807, 2.05) is 18.2 Å². The van der Waals surface area contributed by atoms with Crippen molar-refractivity contribution in [1.82, 2.24) is 10.3 Å². The lowest BCUT2D eigenvalue weighted by atomic mass is 10.1. The first-order valence-electron chi connectivity index (χ1n) is 5.90. The third kappa shape index (κ3) is 3.09. The number of carbonyl (C=O) groups excluding carboxylic acids is 1. The lowest BCUT2D eigenvalue weighted by Gasteiger charge is -2.08. The smallest absolute Gasteiger partial charge is 0.315 e. The molecule has 0 saturated heterocycles. The van der Waals surface area contributed by atoms with E-state index in [0.717, 1.165) is 11.1 Å². The number of carbonyl (C=O) groups is 2. The molecule has 1 amide bonds. The quantitative estimate of drug-likeness (QED) is 0.790. The number of carboxylic acids is 1. The summed E-state index contributed by atoms with van der Waals surface area (Å²) in [5.41, 5.74) is 2.47. The molecule has 6 nitrogen and oxygen atoms in total. The van der Waals surface area contributed by atoms with Crippen LogP contribution in [0.4, 0.5) is 0 Å². The number of carboxylic acid groups (broad SMARTS) is 1. The van der Waals surface area contributed by atoms with E-state index >= 15 is 0 Å². The molecule has 1 atom stereocenters. The molecule has 1 aromatic carbocycles. The zero-order chi connectivity index (χ0) is 13.8. The van der Waals surface area contributed by atoms with Crippen LogP contribution in [0.1, 0.15) is 12.5 Å². The van der Waals surface area contributed by atoms with Crippen LogP contribution in [0.25, 0.3) is 11.1 Å². The van der Waals surface area contributed by atoms with Crippen molar-refractivity contribution >= 4 is 23.0 Å². The summed E-state index contributed by atoms with van der Waals surface area (Å²) in [4.78, 5) is 26.0. The third-order valence-electron chi connectivity index (χ3n) is 2.87. The van der Waals surface area contributed by atoms with Gasteiger partial charge in [0.1, 0.15) is 11.4 Å². The largest absolute Gasteiger partial charge is 0.481 e. The molecule has 0 aliphatic rings. The van der Waals surface area contributed by atoms with E-state index in [-0.39, 0.29) is 0 Å². The Kier molecular flexibility index (Phi) is 3.79. The lowest BCUT2D eigenvalue weighted by Crippen LogP contribution is -2.34. The van der Waals surface area contributed by atoms with Gasteiger partial charge in [0.05, 0.1) is 0 Å². The van der Waals surface area contributed by atoms with Gasteiger partial charge in [-0.25, -0.2) is 4.98 Å². The number of oxazole rings is 1. The van der Waals surface area contributed by atoms with E-state index in [2.05, 4.69) is 10.3 Å². The van der Waals surface area contributed by atoms with Crippen LogP contribution in [-0.2, 0) is 16.0 Å². The molecule has 2 N–H and O–H groups in total. The maximum Gasteiger partial charge on any atom is 0.315 e. The number of nitrogens with one attached hydrogen (secondary N) is 1. The molecule has 2 rings (SSSR count). The molecule has 100 valence electrons. The summed E-state index contributed by atoms with van der Waals surface area (Å²) in [5, 5.41) is 11.3. The molecule has 0 radical (unpaired) electrons. The number of hydrogen-bond donors (Lipinski definition) is 2. The molecule has 1 aromatic heterocycles. The van der Waals surface area contributed by atoms with Crippen LogP contribution in [0.2, 0.25) is 0 Å². The van der Waals surface area contributed by atoms with Gasteiger partial charge in [0.2, 0.25) is 5.91 Å². The second kappa shape index (κ2) is 5.51. The van der Waals surface area contributed by atoms with Crippen molar-refractivity contribution < 1.29 is 19.1 Å². The first-order valence-corrected chi connectivity index (χ1v) is 5.90. The van der Waals surface area contributed by atoms with E-state index in [4.69, 9.17) is 9.52 Å². The molecule has 6 heteroatoms. The van der Waals surface area contributed by atoms with E-state index in [9.17, 15) is 9.59 Å². The minimum Gasteiger partial charge on any atom is -0.481 e. The molecule has 0 bridgehead atoms. The molecule has 2 aromatic rings. The molecule has 1 heterocycles. The minimum absolute atomic E-state index is 0.385. The topological polar surface area (TPSA) is 92.4 Å². The van der Waals surface area contributed by atoms with Gasteiger partial charge < -0.3 is 14.8 Å². The van der Waals surface area contributed by atoms with E-state index in [1.54, 1.807) is 0 Å². The summed E-state index contributed by atoms with van der Waals surface area (Å²) < 4.78 is 5.18. The summed E-state index contributed by atoms with van der Waals surface area (Å²) in [6.45, 7) is 1.74. The van der Waals surface area contributed by atoms with Gasteiger partial charge in [-0.05, 0) is 31.0 Å². The van der Waals surface area contributed by atoms with Crippen molar-refractivity contribution in [2.24, 2.45) is 5.92 Å². The average Bonchev–Trinajstić information content (AvgIpc) is 2.84. The van der Waals surface area contributed by atoms with Crippen LogP contribution in [0.3, 0.4) is 0 Å². The van der Waals surface area contributed by atoms with Gasteiger partial charge >= 0.3 is 5.97 Å². The van der Waals surface area contributed by atoms with Crippen molar-refractivity contribution in [2.45, 2.75) is 13.3 Å². The SMILES string of the molecule is CC(C(=O)O)C(=O)NCCc1ccc2ncoc2c1. The van der Waals surface area contributed by atoms with Crippen LogP contribution < -0.4 is 5.32 Å². The van der Waals surface area contributed by atoms with E-state index in [0.29, 0.717) is 18.5 Å². The summed E-state index contributed by atoms with van der Waals surface area (Å²) >= 11 is 0.